The molecule has 0 spiro atoms. The maximum atomic E-state index is 12.5. The number of hydrogen-bond acceptors (Lipinski definition) is 5. The molecule has 1 aromatic carbocycles. The van der Waals surface area contributed by atoms with Crippen molar-refractivity contribution in [1.82, 2.24) is 4.90 Å². The van der Waals surface area contributed by atoms with Crippen LogP contribution in [0.3, 0.4) is 0 Å². The Hall–Kier alpha value is -2.27. The van der Waals surface area contributed by atoms with Gasteiger partial charge in [0.25, 0.3) is 0 Å². The molecule has 4 rings (SSSR count). The van der Waals surface area contributed by atoms with Crippen molar-refractivity contribution in [3.63, 3.8) is 0 Å². The average Bonchev–Trinajstić information content (AvgIpc) is 3.15. The number of carbonyl (C=O) groups excluding carboxylic acids is 1. The van der Waals surface area contributed by atoms with Gasteiger partial charge in [-0.05, 0) is 53.9 Å². The summed E-state index contributed by atoms with van der Waals surface area (Å²) in [6, 6.07) is 6.73. The predicted molar refractivity (Wildman–Crippen MR) is 113 cm³/mol. The van der Waals surface area contributed by atoms with E-state index in [4.69, 9.17) is 14.2 Å². The number of esters is 1. The summed E-state index contributed by atoms with van der Waals surface area (Å²) in [5.74, 6) is 1.28. The van der Waals surface area contributed by atoms with Gasteiger partial charge in [-0.25, -0.2) is 4.79 Å². The smallest absolute Gasteiger partial charge is 0.337 e. The van der Waals surface area contributed by atoms with E-state index in [9.17, 15) is 4.79 Å². The van der Waals surface area contributed by atoms with Gasteiger partial charge in [0.15, 0.2) is 0 Å². The van der Waals surface area contributed by atoms with Crippen LogP contribution < -0.4 is 4.74 Å². The zero-order valence-corrected chi connectivity index (χ0v) is 17.9. The van der Waals surface area contributed by atoms with E-state index < -0.39 is 0 Å². The van der Waals surface area contributed by atoms with Gasteiger partial charge in [0.1, 0.15) is 5.75 Å². The molecule has 0 amide bonds. The average molecular weight is 398 g/mol. The molecule has 1 saturated heterocycles. The van der Waals surface area contributed by atoms with E-state index in [1.807, 2.05) is 0 Å². The van der Waals surface area contributed by atoms with E-state index in [-0.39, 0.29) is 11.9 Å². The van der Waals surface area contributed by atoms with Gasteiger partial charge in [0.05, 0.1) is 33.2 Å². The fourth-order valence-corrected chi connectivity index (χ4v) is 5.64. The SMILES string of the molecule is CCC1CN2CCC3=C(Cc4cccc(OC)c43)[C@@H]2C[C@@H]1/C(=C\OC)C(=O)OC. The highest BCUT2D eigenvalue weighted by atomic mass is 16.5. The number of ether oxygens (including phenoxy) is 3. The second kappa shape index (κ2) is 8.23. The van der Waals surface area contributed by atoms with Crippen LogP contribution in [0.5, 0.6) is 5.75 Å². The minimum Gasteiger partial charge on any atom is -0.504 e. The normalized spacial score (nSPS) is 26.5. The molecule has 0 N–H and O–H groups in total. The molecule has 3 atom stereocenters. The standard InChI is InChI=1S/C24H31NO4/c1-5-15-13-25-10-9-17-19(11-16-7-6-8-22(28-3)23(16)17)21(25)12-18(15)20(14-27-2)24(26)29-4/h6-8,14-15,18,21H,5,9-13H2,1-4H3/b20-14+/t15?,18-,21-/m0/s1. The summed E-state index contributed by atoms with van der Waals surface area (Å²) < 4.78 is 16.0. The Morgan fingerprint density at radius 1 is 1.28 bits per heavy atom. The monoisotopic (exact) mass is 397 g/mol. The molecule has 1 aromatic rings. The number of hydrogen-bond donors (Lipinski definition) is 0. The molecule has 1 unspecified atom stereocenters. The Bertz CT molecular complexity index is 856. The van der Waals surface area contributed by atoms with Crippen LogP contribution in [0.1, 0.15) is 37.3 Å². The third-order valence-electron chi connectivity index (χ3n) is 7.00. The first kappa shape index (κ1) is 20.0. The molecule has 0 aromatic heterocycles. The maximum Gasteiger partial charge on any atom is 0.337 e. The lowest BCUT2D eigenvalue weighted by Crippen LogP contribution is -2.51. The molecule has 156 valence electrons. The van der Waals surface area contributed by atoms with Crippen LogP contribution in [-0.2, 0) is 20.7 Å². The van der Waals surface area contributed by atoms with Crippen molar-refractivity contribution in [2.45, 2.75) is 38.6 Å². The molecule has 5 nitrogen and oxygen atoms in total. The number of fused-ring (bicyclic) bond motifs is 4. The summed E-state index contributed by atoms with van der Waals surface area (Å²) in [4.78, 5) is 15.1. The number of methoxy groups -OCH3 is 3. The van der Waals surface area contributed by atoms with Gasteiger partial charge in [-0.1, -0.05) is 25.5 Å². The highest BCUT2D eigenvalue weighted by Gasteiger charge is 2.44. The van der Waals surface area contributed by atoms with Gasteiger partial charge < -0.3 is 14.2 Å². The van der Waals surface area contributed by atoms with Gasteiger partial charge in [-0.3, -0.25) is 4.90 Å². The van der Waals surface area contributed by atoms with Crippen LogP contribution in [0.15, 0.2) is 35.6 Å². The molecule has 1 aliphatic carbocycles. The van der Waals surface area contributed by atoms with Crippen molar-refractivity contribution in [3.05, 3.63) is 46.7 Å². The molecular formula is C24H31NO4. The number of piperidine rings is 1. The van der Waals surface area contributed by atoms with Crippen molar-refractivity contribution in [2.24, 2.45) is 11.8 Å². The van der Waals surface area contributed by atoms with E-state index in [0.717, 1.165) is 44.5 Å². The van der Waals surface area contributed by atoms with Crippen LogP contribution in [0, 0.1) is 11.8 Å². The number of carbonyl (C=O) groups is 1. The zero-order valence-electron chi connectivity index (χ0n) is 17.9. The summed E-state index contributed by atoms with van der Waals surface area (Å²) in [6.45, 7) is 4.28. The Balaban J connectivity index is 1.70. The second-order valence-electron chi connectivity index (χ2n) is 8.25. The first-order chi connectivity index (χ1) is 14.1. The Labute approximate surface area is 173 Å². The van der Waals surface area contributed by atoms with E-state index in [0.29, 0.717) is 17.5 Å². The number of nitrogens with zero attached hydrogens (tertiary/aromatic N) is 1. The molecule has 29 heavy (non-hydrogen) atoms. The minimum atomic E-state index is -0.273. The summed E-state index contributed by atoms with van der Waals surface area (Å²) in [7, 11) is 4.80. The van der Waals surface area contributed by atoms with Crippen LogP contribution >= 0.6 is 0 Å². The number of benzene rings is 1. The fourth-order valence-electron chi connectivity index (χ4n) is 5.64. The van der Waals surface area contributed by atoms with Crippen molar-refractivity contribution in [1.29, 1.82) is 0 Å². The summed E-state index contributed by atoms with van der Waals surface area (Å²) >= 11 is 0. The van der Waals surface area contributed by atoms with Gasteiger partial charge in [-0.2, -0.15) is 0 Å². The van der Waals surface area contributed by atoms with Crippen molar-refractivity contribution >= 4 is 11.5 Å². The molecule has 0 radical (unpaired) electrons. The maximum absolute atomic E-state index is 12.5. The first-order valence-corrected chi connectivity index (χ1v) is 10.6. The summed E-state index contributed by atoms with van der Waals surface area (Å²) in [5.41, 5.74) is 6.31. The largest absolute Gasteiger partial charge is 0.504 e. The Kier molecular flexibility index (Phi) is 5.68. The first-order valence-electron chi connectivity index (χ1n) is 10.6. The van der Waals surface area contributed by atoms with Crippen LogP contribution in [0.2, 0.25) is 0 Å². The third-order valence-corrected chi connectivity index (χ3v) is 7.00. The summed E-state index contributed by atoms with van der Waals surface area (Å²) in [5, 5.41) is 0. The van der Waals surface area contributed by atoms with Crippen molar-refractivity contribution in [2.75, 3.05) is 34.4 Å². The quantitative estimate of drug-likeness (QED) is 0.429. The zero-order chi connectivity index (χ0) is 20.5. The van der Waals surface area contributed by atoms with E-state index in [1.54, 1.807) is 20.5 Å². The van der Waals surface area contributed by atoms with E-state index >= 15 is 0 Å². The van der Waals surface area contributed by atoms with Gasteiger partial charge in [-0.15, -0.1) is 0 Å². The molecular weight excluding hydrogens is 366 g/mol. The van der Waals surface area contributed by atoms with Gasteiger partial charge >= 0.3 is 5.97 Å². The molecule has 0 saturated carbocycles. The van der Waals surface area contributed by atoms with Gasteiger partial charge in [0, 0.05) is 24.7 Å². The third kappa shape index (κ3) is 3.35. The van der Waals surface area contributed by atoms with Crippen LogP contribution in [-0.4, -0.2) is 51.3 Å². The van der Waals surface area contributed by atoms with Crippen molar-refractivity contribution < 1.29 is 19.0 Å². The highest BCUT2D eigenvalue weighted by Crippen LogP contribution is 2.49. The second-order valence-corrected chi connectivity index (χ2v) is 8.25. The fraction of sp³-hybridized carbons (Fsp3) is 0.542. The molecule has 2 heterocycles. The lowest BCUT2D eigenvalue weighted by atomic mass is 9.73. The highest BCUT2D eigenvalue weighted by molar-refractivity contribution is 5.89. The predicted octanol–water partition coefficient (Wildman–Crippen LogP) is 3.83. The van der Waals surface area contributed by atoms with Crippen molar-refractivity contribution in [3.8, 4) is 5.75 Å². The Morgan fingerprint density at radius 2 is 2.10 bits per heavy atom. The topological polar surface area (TPSA) is 48.0 Å². The summed E-state index contributed by atoms with van der Waals surface area (Å²) in [6.07, 6.45) is 5.61. The van der Waals surface area contributed by atoms with Gasteiger partial charge in [0.2, 0.25) is 0 Å². The molecule has 3 aliphatic rings. The number of rotatable bonds is 5. The lowest BCUT2D eigenvalue weighted by Gasteiger charge is -2.47. The molecule has 5 heteroatoms. The lowest BCUT2D eigenvalue weighted by molar-refractivity contribution is -0.137. The minimum absolute atomic E-state index is 0.145. The Morgan fingerprint density at radius 3 is 2.79 bits per heavy atom. The van der Waals surface area contributed by atoms with Crippen LogP contribution in [0.25, 0.3) is 5.57 Å². The molecule has 0 bridgehead atoms. The molecule has 1 fully saturated rings. The molecule has 2 aliphatic heterocycles. The van der Waals surface area contributed by atoms with E-state index in [2.05, 4.69) is 30.0 Å². The van der Waals surface area contributed by atoms with Crippen LogP contribution in [0.4, 0.5) is 0 Å². The van der Waals surface area contributed by atoms with E-state index in [1.165, 1.54) is 29.4 Å².